The molecule has 1 nitrogen and oxygen atoms in total. The molecule has 1 saturated carbocycles. The summed E-state index contributed by atoms with van der Waals surface area (Å²) in [5.74, 6) is 0.809. The Kier molecular flexibility index (Phi) is 2.50. The standard InChI is InChI=1S/C19H27N/c1-18(2,3)16-7-13-9-19(5-6-19)10-15-12-20(4)11-14(8-16)17(13)15/h7-8,15H,5-6,9-12H2,1-4H3/t15-/m0/s1. The highest BCUT2D eigenvalue weighted by atomic mass is 15.1. The molecule has 0 radical (unpaired) electrons. The van der Waals surface area contributed by atoms with Gasteiger partial charge in [-0.25, -0.2) is 0 Å². The monoisotopic (exact) mass is 269 g/mol. The smallest absolute Gasteiger partial charge is 0.0233 e. The summed E-state index contributed by atoms with van der Waals surface area (Å²) in [7, 11) is 2.29. The van der Waals surface area contributed by atoms with Crippen molar-refractivity contribution in [1.29, 1.82) is 0 Å². The van der Waals surface area contributed by atoms with Crippen molar-refractivity contribution in [2.24, 2.45) is 5.41 Å². The van der Waals surface area contributed by atoms with Gasteiger partial charge in [0.25, 0.3) is 0 Å². The minimum atomic E-state index is 0.269. The van der Waals surface area contributed by atoms with Crippen LogP contribution >= 0.6 is 0 Å². The van der Waals surface area contributed by atoms with E-state index in [0.29, 0.717) is 5.41 Å². The summed E-state index contributed by atoms with van der Waals surface area (Å²) in [6.45, 7) is 9.47. The van der Waals surface area contributed by atoms with Crippen LogP contribution in [0.25, 0.3) is 0 Å². The van der Waals surface area contributed by atoms with E-state index in [2.05, 4.69) is 44.9 Å². The fraction of sp³-hybridized carbons (Fsp3) is 0.684. The lowest BCUT2D eigenvalue weighted by atomic mass is 9.69. The second-order valence-corrected chi connectivity index (χ2v) is 8.73. The van der Waals surface area contributed by atoms with Gasteiger partial charge in [0.2, 0.25) is 0 Å². The quantitative estimate of drug-likeness (QED) is 0.681. The molecular weight excluding hydrogens is 242 g/mol. The van der Waals surface area contributed by atoms with Crippen LogP contribution in [0.5, 0.6) is 0 Å². The molecule has 0 bridgehead atoms. The zero-order valence-electron chi connectivity index (χ0n) is 13.4. The molecule has 1 spiro atoms. The van der Waals surface area contributed by atoms with Crippen LogP contribution in [0.3, 0.4) is 0 Å². The summed E-state index contributed by atoms with van der Waals surface area (Å²) < 4.78 is 0. The Morgan fingerprint density at radius 1 is 1.15 bits per heavy atom. The first kappa shape index (κ1) is 12.9. The molecular formula is C19H27N. The van der Waals surface area contributed by atoms with Gasteiger partial charge in [-0.2, -0.15) is 0 Å². The average molecular weight is 269 g/mol. The highest BCUT2D eigenvalue weighted by molar-refractivity contribution is 5.48. The average Bonchev–Trinajstić information content (AvgIpc) is 3.05. The number of benzene rings is 1. The molecule has 1 heteroatoms. The Morgan fingerprint density at radius 3 is 2.50 bits per heavy atom. The molecule has 1 atom stereocenters. The highest BCUT2D eigenvalue weighted by Crippen LogP contribution is 2.59. The van der Waals surface area contributed by atoms with Crippen LogP contribution in [0.15, 0.2) is 12.1 Å². The lowest BCUT2D eigenvalue weighted by molar-refractivity contribution is 0.239. The molecule has 1 aromatic rings. The van der Waals surface area contributed by atoms with Gasteiger partial charge in [0.15, 0.2) is 0 Å². The van der Waals surface area contributed by atoms with Crippen molar-refractivity contribution in [3.8, 4) is 0 Å². The fourth-order valence-corrected chi connectivity index (χ4v) is 4.56. The summed E-state index contributed by atoms with van der Waals surface area (Å²) in [5.41, 5.74) is 7.58. The van der Waals surface area contributed by atoms with Gasteiger partial charge in [-0.3, -0.25) is 0 Å². The third-order valence-corrected chi connectivity index (χ3v) is 5.80. The molecule has 0 amide bonds. The summed E-state index contributed by atoms with van der Waals surface area (Å²) in [4.78, 5) is 2.53. The summed E-state index contributed by atoms with van der Waals surface area (Å²) in [5, 5.41) is 0. The molecule has 3 aliphatic rings. The van der Waals surface area contributed by atoms with E-state index in [1.54, 1.807) is 16.7 Å². The van der Waals surface area contributed by atoms with E-state index in [0.717, 1.165) is 12.5 Å². The van der Waals surface area contributed by atoms with Crippen LogP contribution in [0.1, 0.15) is 68.2 Å². The van der Waals surface area contributed by atoms with Crippen LogP contribution in [0.2, 0.25) is 0 Å². The molecule has 2 aliphatic carbocycles. The molecule has 20 heavy (non-hydrogen) atoms. The van der Waals surface area contributed by atoms with Crippen LogP contribution in [-0.4, -0.2) is 18.5 Å². The van der Waals surface area contributed by atoms with Crippen LogP contribution in [0, 0.1) is 5.41 Å². The summed E-state index contributed by atoms with van der Waals surface area (Å²) in [6, 6.07) is 5.06. The molecule has 1 aliphatic heterocycles. The SMILES string of the molecule is CN1Cc2cc(C(C)(C)C)cc3c2[C@H](C1)CC1(CC1)C3. The molecule has 1 heterocycles. The molecule has 4 rings (SSSR count). The van der Waals surface area contributed by atoms with E-state index in [4.69, 9.17) is 0 Å². The summed E-state index contributed by atoms with van der Waals surface area (Å²) >= 11 is 0. The van der Waals surface area contributed by atoms with Crippen molar-refractivity contribution in [3.05, 3.63) is 34.4 Å². The Hall–Kier alpha value is -0.820. The van der Waals surface area contributed by atoms with Crippen LogP contribution < -0.4 is 0 Å². The van der Waals surface area contributed by atoms with Gasteiger partial charge in [0.05, 0.1) is 0 Å². The van der Waals surface area contributed by atoms with E-state index in [1.165, 1.54) is 37.8 Å². The topological polar surface area (TPSA) is 3.24 Å². The first-order valence-electron chi connectivity index (χ1n) is 8.21. The largest absolute Gasteiger partial charge is 0.301 e. The molecule has 108 valence electrons. The lowest BCUT2D eigenvalue weighted by Gasteiger charge is -2.41. The summed E-state index contributed by atoms with van der Waals surface area (Å²) in [6.07, 6.45) is 5.76. The maximum absolute atomic E-state index is 2.55. The Morgan fingerprint density at radius 2 is 1.85 bits per heavy atom. The Bertz CT molecular complexity index is 560. The maximum Gasteiger partial charge on any atom is 0.0233 e. The normalized spacial score (nSPS) is 27.5. The van der Waals surface area contributed by atoms with Gasteiger partial charge in [-0.1, -0.05) is 32.9 Å². The molecule has 0 aromatic heterocycles. The Labute approximate surface area is 123 Å². The molecule has 0 saturated heterocycles. The lowest BCUT2D eigenvalue weighted by Crippen LogP contribution is -2.36. The van der Waals surface area contributed by atoms with E-state index >= 15 is 0 Å². The van der Waals surface area contributed by atoms with Crippen molar-refractivity contribution in [3.63, 3.8) is 0 Å². The van der Waals surface area contributed by atoms with Crippen molar-refractivity contribution in [1.82, 2.24) is 4.90 Å². The number of nitrogens with zero attached hydrogens (tertiary/aromatic N) is 1. The van der Waals surface area contributed by atoms with Crippen molar-refractivity contribution < 1.29 is 0 Å². The highest BCUT2D eigenvalue weighted by Gasteiger charge is 2.49. The van der Waals surface area contributed by atoms with Crippen molar-refractivity contribution >= 4 is 0 Å². The van der Waals surface area contributed by atoms with E-state index in [-0.39, 0.29) is 5.41 Å². The third-order valence-electron chi connectivity index (χ3n) is 5.80. The maximum atomic E-state index is 2.55. The minimum Gasteiger partial charge on any atom is -0.301 e. The molecule has 1 aromatic carbocycles. The van der Waals surface area contributed by atoms with E-state index in [1.807, 2.05) is 0 Å². The van der Waals surface area contributed by atoms with E-state index in [9.17, 15) is 0 Å². The number of rotatable bonds is 0. The van der Waals surface area contributed by atoms with Crippen molar-refractivity contribution in [2.75, 3.05) is 13.6 Å². The Balaban J connectivity index is 1.87. The second kappa shape index (κ2) is 3.88. The molecule has 0 unspecified atom stereocenters. The van der Waals surface area contributed by atoms with Crippen LogP contribution in [0.4, 0.5) is 0 Å². The molecule has 1 fully saturated rings. The first-order chi connectivity index (χ1) is 9.36. The van der Waals surface area contributed by atoms with E-state index < -0.39 is 0 Å². The third kappa shape index (κ3) is 1.94. The predicted molar refractivity (Wildman–Crippen MR) is 84.2 cm³/mol. The zero-order chi connectivity index (χ0) is 14.1. The zero-order valence-corrected chi connectivity index (χ0v) is 13.4. The predicted octanol–water partition coefficient (Wildman–Crippen LogP) is 4.24. The fourth-order valence-electron chi connectivity index (χ4n) is 4.56. The number of hydrogen-bond acceptors (Lipinski definition) is 1. The first-order valence-corrected chi connectivity index (χ1v) is 8.21. The van der Waals surface area contributed by atoms with Gasteiger partial charge < -0.3 is 4.90 Å². The number of likely N-dealkylation sites (N-methyl/N-ethyl adjacent to an activating group) is 1. The van der Waals surface area contributed by atoms with Crippen molar-refractivity contribution in [2.45, 2.75) is 64.3 Å². The van der Waals surface area contributed by atoms with Crippen LogP contribution in [-0.2, 0) is 18.4 Å². The van der Waals surface area contributed by atoms with Gasteiger partial charge in [-0.15, -0.1) is 0 Å². The van der Waals surface area contributed by atoms with Gasteiger partial charge in [0, 0.05) is 13.1 Å². The second-order valence-electron chi connectivity index (χ2n) is 8.73. The van der Waals surface area contributed by atoms with Gasteiger partial charge >= 0.3 is 0 Å². The number of hydrogen-bond donors (Lipinski definition) is 0. The van der Waals surface area contributed by atoms with Gasteiger partial charge in [0.1, 0.15) is 0 Å². The molecule has 0 N–H and O–H groups in total. The van der Waals surface area contributed by atoms with Gasteiger partial charge in [-0.05, 0) is 71.7 Å². The minimum absolute atomic E-state index is 0.269.